The van der Waals surface area contributed by atoms with Gasteiger partial charge in [-0.2, -0.15) is 0 Å². The molecule has 0 spiro atoms. The second-order valence-corrected chi connectivity index (χ2v) is 5.55. The van der Waals surface area contributed by atoms with Crippen LogP contribution in [0.4, 0.5) is 0 Å². The number of nitrogens with one attached hydrogen (secondary N) is 2. The van der Waals surface area contributed by atoms with Crippen LogP contribution >= 0.6 is 11.3 Å². The fraction of sp³-hybridized carbons (Fsp3) is 0.500. The molecule has 0 aromatic carbocycles. The Hall–Kier alpha value is -1.44. The number of hydrazine groups is 1. The van der Waals surface area contributed by atoms with E-state index in [9.17, 15) is 9.59 Å². The Morgan fingerprint density at radius 2 is 2.32 bits per heavy atom. The van der Waals surface area contributed by atoms with E-state index in [0.29, 0.717) is 23.9 Å². The molecule has 0 aliphatic carbocycles. The van der Waals surface area contributed by atoms with Crippen LogP contribution in [0.25, 0.3) is 0 Å². The minimum Gasteiger partial charge on any atom is -0.330 e. The average Bonchev–Trinajstić information content (AvgIpc) is 3.06. The molecule has 1 aromatic rings. The number of carbonyl (C=O) groups excluding carboxylic acids is 2. The highest BCUT2D eigenvalue weighted by Gasteiger charge is 2.22. The first-order valence-corrected chi connectivity index (χ1v) is 7.12. The summed E-state index contributed by atoms with van der Waals surface area (Å²) >= 11 is 1.33. The van der Waals surface area contributed by atoms with Crippen LogP contribution in [0.3, 0.4) is 0 Å². The van der Waals surface area contributed by atoms with Gasteiger partial charge in [-0.3, -0.25) is 25.3 Å². The van der Waals surface area contributed by atoms with Crippen LogP contribution in [0.15, 0.2) is 17.5 Å². The lowest BCUT2D eigenvalue weighted by atomic mass is 10.1. The molecule has 2 rings (SSSR count). The minimum absolute atomic E-state index is 0.206. The number of nitrogens with two attached hydrogens (primary N) is 1. The number of amides is 2. The van der Waals surface area contributed by atoms with Crippen molar-refractivity contribution in [3.63, 3.8) is 0 Å². The molecular weight excluding hydrogens is 264 g/mol. The molecular formula is C12H18N4O2S. The third-order valence-electron chi connectivity index (χ3n) is 3.13. The van der Waals surface area contributed by atoms with Gasteiger partial charge in [-0.1, -0.05) is 6.07 Å². The summed E-state index contributed by atoms with van der Waals surface area (Å²) in [7, 11) is 0. The molecule has 7 heteroatoms. The second-order valence-electron chi connectivity index (χ2n) is 4.61. The number of carbonyl (C=O) groups is 2. The quantitative estimate of drug-likeness (QED) is 0.667. The monoisotopic (exact) mass is 282 g/mol. The van der Waals surface area contributed by atoms with Gasteiger partial charge >= 0.3 is 0 Å². The molecule has 1 aliphatic rings. The van der Waals surface area contributed by atoms with Crippen molar-refractivity contribution in [3.8, 4) is 0 Å². The molecule has 1 atom stereocenters. The van der Waals surface area contributed by atoms with Crippen LogP contribution in [0, 0.1) is 5.92 Å². The van der Waals surface area contributed by atoms with Crippen molar-refractivity contribution in [1.29, 1.82) is 0 Å². The van der Waals surface area contributed by atoms with E-state index in [1.807, 2.05) is 10.3 Å². The molecule has 104 valence electrons. The van der Waals surface area contributed by atoms with Gasteiger partial charge in [0.05, 0.1) is 11.4 Å². The Kier molecular flexibility index (Phi) is 4.89. The molecule has 1 aliphatic heterocycles. The lowest BCUT2D eigenvalue weighted by Crippen LogP contribution is -2.46. The van der Waals surface area contributed by atoms with Gasteiger partial charge < -0.3 is 5.73 Å². The first kappa shape index (κ1) is 14.0. The van der Waals surface area contributed by atoms with Gasteiger partial charge in [-0.15, -0.1) is 11.3 Å². The van der Waals surface area contributed by atoms with Gasteiger partial charge in [0, 0.05) is 6.54 Å². The minimum atomic E-state index is -0.287. The summed E-state index contributed by atoms with van der Waals surface area (Å²) in [6.45, 7) is 2.69. The third-order valence-corrected chi connectivity index (χ3v) is 4.00. The molecule has 0 saturated carbocycles. The predicted molar refractivity (Wildman–Crippen MR) is 73.5 cm³/mol. The van der Waals surface area contributed by atoms with Crippen molar-refractivity contribution < 1.29 is 9.59 Å². The van der Waals surface area contributed by atoms with Gasteiger partial charge in [-0.25, -0.2) is 0 Å². The van der Waals surface area contributed by atoms with Crippen LogP contribution < -0.4 is 16.6 Å². The Morgan fingerprint density at radius 3 is 2.95 bits per heavy atom. The molecule has 2 amide bonds. The third kappa shape index (κ3) is 4.02. The van der Waals surface area contributed by atoms with E-state index in [1.54, 1.807) is 12.1 Å². The highest BCUT2D eigenvalue weighted by molar-refractivity contribution is 7.12. The number of hydrogen-bond donors (Lipinski definition) is 3. The van der Waals surface area contributed by atoms with Gasteiger partial charge in [0.15, 0.2) is 0 Å². The smallest absolute Gasteiger partial charge is 0.279 e. The standard InChI is InChI=1S/C12H18N4O2S/c13-6-9-3-4-16(7-9)8-11(17)14-15-12(18)10-2-1-5-19-10/h1-2,5,9H,3-4,6-8,13H2,(H,14,17)(H,15,18). The van der Waals surface area contributed by atoms with Crippen LogP contribution in [0.1, 0.15) is 16.1 Å². The fourth-order valence-corrected chi connectivity index (χ4v) is 2.71. The molecule has 4 N–H and O–H groups in total. The molecule has 2 heterocycles. The van der Waals surface area contributed by atoms with E-state index in [1.165, 1.54) is 11.3 Å². The number of nitrogens with zero attached hydrogens (tertiary/aromatic N) is 1. The number of hydrogen-bond acceptors (Lipinski definition) is 5. The molecule has 1 aromatic heterocycles. The topological polar surface area (TPSA) is 87.5 Å². The summed E-state index contributed by atoms with van der Waals surface area (Å²) in [5.74, 6) is -0.0132. The lowest BCUT2D eigenvalue weighted by molar-refractivity contribution is -0.122. The summed E-state index contributed by atoms with van der Waals surface area (Å²) < 4.78 is 0. The lowest BCUT2D eigenvalue weighted by Gasteiger charge is -2.15. The first-order chi connectivity index (χ1) is 9.19. The van der Waals surface area contributed by atoms with E-state index < -0.39 is 0 Å². The van der Waals surface area contributed by atoms with E-state index >= 15 is 0 Å². The zero-order chi connectivity index (χ0) is 13.7. The zero-order valence-corrected chi connectivity index (χ0v) is 11.4. The van der Waals surface area contributed by atoms with Crippen LogP contribution in [0.2, 0.25) is 0 Å². The van der Waals surface area contributed by atoms with E-state index in [4.69, 9.17) is 5.73 Å². The Labute approximate surface area is 115 Å². The predicted octanol–water partition coefficient (Wildman–Crippen LogP) is -0.210. The van der Waals surface area contributed by atoms with Crippen molar-refractivity contribution in [2.24, 2.45) is 11.7 Å². The van der Waals surface area contributed by atoms with Crippen molar-refractivity contribution in [3.05, 3.63) is 22.4 Å². The van der Waals surface area contributed by atoms with Crippen molar-refractivity contribution in [2.45, 2.75) is 6.42 Å². The van der Waals surface area contributed by atoms with Crippen molar-refractivity contribution >= 4 is 23.2 Å². The molecule has 6 nitrogen and oxygen atoms in total. The van der Waals surface area contributed by atoms with E-state index in [-0.39, 0.29) is 11.8 Å². The molecule has 1 unspecified atom stereocenters. The molecule has 0 radical (unpaired) electrons. The second kappa shape index (κ2) is 6.65. The van der Waals surface area contributed by atoms with Crippen LogP contribution in [-0.4, -0.2) is 42.9 Å². The summed E-state index contributed by atoms with van der Waals surface area (Å²) in [5.41, 5.74) is 10.4. The summed E-state index contributed by atoms with van der Waals surface area (Å²) in [6, 6.07) is 3.50. The van der Waals surface area contributed by atoms with Gasteiger partial charge in [-0.05, 0) is 36.9 Å². The molecule has 1 fully saturated rings. The summed E-state index contributed by atoms with van der Waals surface area (Å²) in [5, 5.41) is 1.81. The van der Waals surface area contributed by atoms with Crippen molar-refractivity contribution in [1.82, 2.24) is 15.8 Å². The molecule has 0 bridgehead atoms. The van der Waals surface area contributed by atoms with Gasteiger partial charge in [0.2, 0.25) is 0 Å². The Bertz CT molecular complexity index is 435. The highest BCUT2D eigenvalue weighted by atomic mass is 32.1. The number of thiophene rings is 1. The first-order valence-electron chi connectivity index (χ1n) is 6.24. The highest BCUT2D eigenvalue weighted by Crippen LogP contribution is 2.13. The van der Waals surface area contributed by atoms with E-state index in [2.05, 4.69) is 10.9 Å². The fourth-order valence-electron chi connectivity index (χ4n) is 2.09. The largest absolute Gasteiger partial charge is 0.330 e. The van der Waals surface area contributed by atoms with Gasteiger partial charge in [0.1, 0.15) is 0 Å². The van der Waals surface area contributed by atoms with Gasteiger partial charge in [0.25, 0.3) is 11.8 Å². The maximum atomic E-state index is 11.7. The van der Waals surface area contributed by atoms with Crippen molar-refractivity contribution in [2.75, 3.05) is 26.2 Å². The molecule has 1 saturated heterocycles. The van der Waals surface area contributed by atoms with Crippen LogP contribution in [-0.2, 0) is 4.79 Å². The Morgan fingerprint density at radius 1 is 1.47 bits per heavy atom. The SMILES string of the molecule is NCC1CCN(CC(=O)NNC(=O)c2cccs2)C1. The Balaban J connectivity index is 1.69. The van der Waals surface area contributed by atoms with Crippen LogP contribution in [0.5, 0.6) is 0 Å². The normalized spacial score (nSPS) is 19.3. The number of rotatable bonds is 4. The zero-order valence-electron chi connectivity index (χ0n) is 10.6. The maximum absolute atomic E-state index is 11.7. The van der Waals surface area contributed by atoms with E-state index in [0.717, 1.165) is 19.5 Å². The summed E-state index contributed by atoms with van der Waals surface area (Å²) in [6.07, 6.45) is 1.03. The molecule has 19 heavy (non-hydrogen) atoms. The number of likely N-dealkylation sites (tertiary alicyclic amines) is 1. The maximum Gasteiger partial charge on any atom is 0.279 e. The average molecular weight is 282 g/mol. The summed E-state index contributed by atoms with van der Waals surface area (Å²) in [4.78, 5) is 25.9.